The average Bonchev–Trinajstić information content (AvgIpc) is 2.20. The smallest absolute Gasteiger partial charge is 0.226 e. The zero-order chi connectivity index (χ0) is 13.8. The molecule has 1 rings (SSSR count). The van der Waals surface area contributed by atoms with Gasteiger partial charge in [-0.2, -0.15) is 0 Å². The van der Waals surface area contributed by atoms with Gasteiger partial charge >= 0.3 is 0 Å². The Bertz CT molecular complexity index is 427. The number of amides is 1. The minimum atomic E-state index is -0.0235. The Hall–Kier alpha value is -0.940. The van der Waals surface area contributed by atoms with E-state index in [4.69, 9.17) is 0 Å². The Morgan fingerprint density at radius 3 is 2.67 bits per heavy atom. The highest BCUT2D eigenvalue weighted by atomic mass is 79.9. The summed E-state index contributed by atoms with van der Waals surface area (Å²) in [5.74, 6) is 0.601. The number of anilines is 1. The Kier molecular flexibility index (Phi) is 5.28. The SMILES string of the molecule is Cc1cc(Br)cnc1NC(=O)CCNC(C)(C)C. The molecule has 0 spiro atoms. The second kappa shape index (κ2) is 6.29. The molecule has 1 amide bonds. The maximum absolute atomic E-state index is 11.7. The monoisotopic (exact) mass is 313 g/mol. The molecule has 18 heavy (non-hydrogen) atoms. The third-order valence-electron chi connectivity index (χ3n) is 2.31. The predicted molar refractivity (Wildman–Crippen MR) is 77.7 cm³/mol. The fraction of sp³-hybridized carbons (Fsp3) is 0.538. The van der Waals surface area contributed by atoms with Gasteiger partial charge in [0.05, 0.1) is 0 Å². The van der Waals surface area contributed by atoms with Gasteiger partial charge in [-0.1, -0.05) is 0 Å². The van der Waals surface area contributed by atoms with Gasteiger partial charge in [0.2, 0.25) is 5.91 Å². The van der Waals surface area contributed by atoms with Gasteiger partial charge in [0.1, 0.15) is 5.82 Å². The van der Waals surface area contributed by atoms with Gasteiger partial charge in [-0.05, 0) is 55.3 Å². The number of aryl methyl sites for hydroxylation is 1. The summed E-state index contributed by atoms with van der Waals surface area (Å²) in [6, 6.07) is 1.93. The first-order valence-electron chi connectivity index (χ1n) is 5.95. The molecule has 0 atom stereocenters. The van der Waals surface area contributed by atoms with Crippen LogP contribution in [0.25, 0.3) is 0 Å². The third-order valence-corrected chi connectivity index (χ3v) is 2.74. The Morgan fingerprint density at radius 1 is 1.44 bits per heavy atom. The van der Waals surface area contributed by atoms with Crippen molar-refractivity contribution in [2.75, 3.05) is 11.9 Å². The highest BCUT2D eigenvalue weighted by Crippen LogP contribution is 2.16. The van der Waals surface area contributed by atoms with E-state index in [1.165, 1.54) is 0 Å². The van der Waals surface area contributed by atoms with Crippen molar-refractivity contribution in [3.63, 3.8) is 0 Å². The number of nitrogens with zero attached hydrogens (tertiary/aromatic N) is 1. The first kappa shape index (κ1) is 15.1. The highest BCUT2D eigenvalue weighted by Gasteiger charge is 2.10. The molecule has 4 nitrogen and oxygen atoms in total. The van der Waals surface area contributed by atoms with Crippen molar-refractivity contribution in [3.8, 4) is 0 Å². The number of hydrogen-bond acceptors (Lipinski definition) is 3. The van der Waals surface area contributed by atoms with Crippen LogP contribution in [-0.4, -0.2) is 23.0 Å². The molecule has 100 valence electrons. The molecule has 1 aromatic rings. The molecule has 0 saturated carbocycles. The van der Waals surface area contributed by atoms with E-state index in [0.29, 0.717) is 18.8 Å². The molecule has 0 fully saturated rings. The summed E-state index contributed by atoms with van der Waals surface area (Å²) in [5.41, 5.74) is 0.980. The first-order valence-corrected chi connectivity index (χ1v) is 6.74. The number of hydrogen-bond donors (Lipinski definition) is 2. The molecular weight excluding hydrogens is 294 g/mol. The molecule has 5 heteroatoms. The molecule has 0 radical (unpaired) electrons. The normalized spacial score (nSPS) is 11.4. The van der Waals surface area contributed by atoms with Crippen molar-refractivity contribution < 1.29 is 4.79 Å². The summed E-state index contributed by atoms with van der Waals surface area (Å²) in [7, 11) is 0. The van der Waals surface area contributed by atoms with Crippen molar-refractivity contribution in [3.05, 3.63) is 22.3 Å². The minimum absolute atomic E-state index is 0.0235. The standard InChI is InChI=1S/C13H20BrN3O/c1-9-7-10(14)8-15-12(9)17-11(18)5-6-16-13(2,3)4/h7-8,16H,5-6H2,1-4H3,(H,15,17,18). The predicted octanol–water partition coefficient (Wildman–Crippen LogP) is 2.87. The number of rotatable bonds is 4. The number of halogens is 1. The molecule has 1 heterocycles. The number of carbonyl (C=O) groups is 1. The van der Waals surface area contributed by atoms with Crippen LogP contribution in [0.3, 0.4) is 0 Å². The molecule has 0 unspecified atom stereocenters. The topological polar surface area (TPSA) is 54.0 Å². The van der Waals surface area contributed by atoms with Crippen molar-refractivity contribution in [2.24, 2.45) is 0 Å². The van der Waals surface area contributed by atoms with Crippen LogP contribution in [0.1, 0.15) is 32.8 Å². The van der Waals surface area contributed by atoms with Crippen LogP contribution in [-0.2, 0) is 4.79 Å². The summed E-state index contributed by atoms with van der Waals surface area (Å²) < 4.78 is 0.910. The summed E-state index contributed by atoms with van der Waals surface area (Å²) >= 11 is 3.34. The van der Waals surface area contributed by atoms with Crippen LogP contribution in [0, 0.1) is 6.92 Å². The minimum Gasteiger partial charge on any atom is -0.312 e. The van der Waals surface area contributed by atoms with Crippen molar-refractivity contribution >= 4 is 27.7 Å². The molecule has 0 bridgehead atoms. The van der Waals surface area contributed by atoms with E-state index in [1.807, 2.05) is 13.0 Å². The fourth-order valence-electron chi connectivity index (χ4n) is 1.42. The zero-order valence-electron chi connectivity index (χ0n) is 11.3. The van der Waals surface area contributed by atoms with E-state index in [2.05, 4.69) is 52.3 Å². The van der Waals surface area contributed by atoms with Gasteiger partial charge in [-0.25, -0.2) is 4.98 Å². The van der Waals surface area contributed by atoms with E-state index >= 15 is 0 Å². The lowest BCUT2D eigenvalue weighted by Gasteiger charge is -2.20. The first-order chi connectivity index (χ1) is 8.28. The van der Waals surface area contributed by atoms with Gasteiger partial charge in [-0.3, -0.25) is 4.79 Å². The van der Waals surface area contributed by atoms with Gasteiger partial charge in [-0.15, -0.1) is 0 Å². The van der Waals surface area contributed by atoms with E-state index in [-0.39, 0.29) is 11.4 Å². The van der Waals surface area contributed by atoms with Crippen LogP contribution in [0.4, 0.5) is 5.82 Å². The largest absolute Gasteiger partial charge is 0.312 e. The summed E-state index contributed by atoms with van der Waals surface area (Å²) in [4.78, 5) is 15.9. The number of pyridine rings is 1. The zero-order valence-corrected chi connectivity index (χ0v) is 12.9. The van der Waals surface area contributed by atoms with E-state index in [0.717, 1.165) is 10.0 Å². The molecule has 0 aromatic carbocycles. The molecule has 1 aromatic heterocycles. The number of nitrogens with one attached hydrogen (secondary N) is 2. The lowest BCUT2D eigenvalue weighted by molar-refractivity contribution is -0.116. The second-order valence-corrected chi connectivity index (χ2v) is 6.21. The number of aromatic nitrogens is 1. The maximum Gasteiger partial charge on any atom is 0.226 e. The lowest BCUT2D eigenvalue weighted by Crippen LogP contribution is -2.37. The summed E-state index contributed by atoms with van der Waals surface area (Å²) in [6.45, 7) is 8.80. The van der Waals surface area contributed by atoms with E-state index in [9.17, 15) is 4.79 Å². The van der Waals surface area contributed by atoms with Crippen LogP contribution in [0.5, 0.6) is 0 Å². The quantitative estimate of drug-likeness (QED) is 0.898. The van der Waals surface area contributed by atoms with E-state index in [1.54, 1.807) is 6.20 Å². The maximum atomic E-state index is 11.7. The Labute approximate surface area is 117 Å². The third kappa shape index (κ3) is 5.60. The fourth-order valence-corrected chi connectivity index (χ4v) is 1.86. The molecule has 0 aliphatic rings. The summed E-state index contributed by atoms with van der Waals surface area (Å²) in [6.07, 6.45) is 2.12. The van der Waals surface area contributed by atoms with Crippen LogP contribution in [0.15, 0.2) is 16.7 Å². The lowest BCUT2D eigenvalue weighted by atomic mass is 10.1. The molecular formula is C13H20BrN3O. The van der Waals surface area contributed by atoms with Crippen molar-refractivity contribution in [2.45, 2.75) is 39.7 Å². The van der Waals surface area contributed by atoms with Crippen molar-refractivity contribution in [1.29, 1.82) is 0 Å². The summed E-state index contributed by atoms with van der Waals surface area (Å²) in [5, 5.41) is 6.09. The highest BCUT2D eigenvalue weighted by molar-refractivity contribution is 9.10. The second-order valence-electron chi connectivity index (χ2n) is 5.29. The molecule has 0 aliphatic heterocycles. The molecule has 0 aliphatic carbocycles. The van der Waals surface area contributed by atoms with Gasteiger partial charge in [0, 0.05) is 29.2 Å². The average molecular weight is 314 g/mol. The number of carbonyl (C=O) groups excluding carboxylic acids is 1. The van der Waals surface area contributed by atoms with Gasteiger partial charge in [0.25, 0.3) is 0 Å². The Morgan fingerprint density at radius 2 is 2.11 bits per heavy atom. The van der Waals surface area contributed by atoms with Crippen LogP contribution in [0.2, 0.25) is 0 Å². The van der Waals surface area contributed by atoms with E-state index < -0.39 is 0 Å². The molecule has 0 saturated heterocycles. The van der Waals surface area contributed by atoms with Gasteiger partial charge < -0.3 is 10.6 Å². The Balaban J connectivity index is 2.45. The van der Waals surface area contributed by atoms with Crippen LogP contribution < -0.4 is 10.6 Å². The molecule has 2 N–H and O–H groups in total. The van der Waals surface area contributed by atoms with Gasteiger partial charge in [0.15, 0.2) is 0 Å². The van der Waals surface area contributed by atoms with Crippen LogP contribution >= 0.6 is 15.9 Å². The van der Waals surface area contributed by atoms with Crippen molar-refractivity contribution in [1.82, 2.24) is 10.3 Å².